The highest BCUT2D eigenvalue weighted by atomic mass is 32.2. The molecule has 1 aromatic carbocycles. The summed E-state index contributed by atoms with van der Waals surface area (Å²) >= 11 is 1.53. The average molecular weight is 370 g/mol. The van der Waals surface area contributed by atoms with Crippen molar-refractivity contribution in [2.45, 2.75) is 25.7 Å². The van der Waals surface area contributed by atoms with Gasteiger partial charge in [0, 0.05) is 24.1 Å². The van der Waals surface area contributed by atoms with E-state index in [1.165, 1.54) is 11.3 Å². The van der Waals surface area contributed by atoms with E-state index in [9.17, 15) is 8.42 Å². The van der Waals surface area contributed by atoms with Crippen molar-refractivity contribution in [1.82, 2.24) is 4.98 Å². The number of rotatable bonds is 8. The zero-order chi connectivity index (χ0) is 17.7. The molecule has 0 radical (unpaired) electrons. The van der Waals surface area contributed by atoms with E-state index in [4.69, 9.17) is 8.92 Å². The summed E-state index contributed by atoms with van der Waals surface area (Å²) in [4.78, 5) is 5.76. The quantitative estimate of drug-likeness (QED) is 0.568. The minimum Gasteiger partial charge on any atom is -0.383 e. The highest BCUT2D eigenvalue weighted by Gasteiger charge is 2.18. The van der Waals surface area contributed by atoms with Crippen molar-refractivity contribution in [1.29, 1.82) is 0 Å². The number of hydrogen-bond donors (Lipinski definition) is 1. The van der Waals surface area contributed by atoms with Gasteiger partial charge in [0.05, 0.1) is 23.8 Å². The largest absolute Gasteiger partial charge is 0.383 e. The SMILES string of the molecule is CCOS(=O)(=O)c1ccc(C)c(-c2nc(NCCOC)sc2C)c1. The van der Waals surface area contributed by atoms with Gasteiger partial charge in [-0.05, 0) is 38.5 Å². The van der Waals surface area contributed by atoms with E-state index in [0.717, 1.165) is 26.8 Å². The van der Waals surface area contributed by atoms with Crippen molar-refractivity contribution >= 4 is 26.6 Å². The number of methoxy groups -OCH3 is 1. The van der Waals surface area contributed by atoms with E-state index < -0.39 is 10.1 Å². The number of anilines is 1. The molecule has 0 atom stereocenters. The first-order chi connectivity index (χ1) is 11.4. The van der Waals surface area contributed by atoms with E-state index in [2.05, 4.69) is 10.3 Å². The van der Waals surface area contributed by atoms with Crippen LogP contribution in [0, 0.1) is 13.8 Å². The Morgan fingerprint density at radius 3 is 2.71 bits per heavy atom. The molecular formula is C16H22N2O4S2. The number of benzene rings is 1. The fourth-order valence-electron chi connectivity index (χ4n) is 2.22. The lowest BCUT2D eigenvalue weighted by atomic mass is 10.1. The number of nitrogens with zero attached hydrogens (tertiary/aromatic N) is 1. The van der Waals surface area contributed by atoms with Crippen LogP contribution in [0.15, 0.2) is 23.1 Å². The molecule has 132 valence electrons. The molecule has 0 amide bonds. The molecule has 24 heavy (non-hydrogen) atoms. The third kappa shape index (κ3) is 4.32. The molecule has 0 unspecified atom stereocenters. The van der Waals surface area contributed by atoms with E-state index in [1.54, 1.807) is 32.2 Å². The molecule has 0 aliphatic rings. The highest BCUT2D eigenvalue weighted by molar-refractivity contribution is 7.86. The summed E-state index contributed by atoms with van der Waals surface area (Å²) in [5, 5.41) is 3.99. The standard InChI is InChI=1S/C16H22N2O4S2/c1-5-22-24(19,20)13-7-6-11(2)14(10-13)15-12(3)23-16(18-15)17-8-9-21-4/h6-7,10H,5,8-9H2,1-4H3,(H,17,18). The zero-order valence-electron chi connectivity index (χ0n) is 14.3. The zero-order valence-corrected chi connectivity index (χ0v) is 15.9. The Bertz CT molecular complexity index is 800. The second-order valence-electron chi connectivity index (χ2n) is 5.18. The number of ether oxygens (including phenoxy) is 1. The molecule has 0 spiro atoms. The third-order valence-electron chi connectivity index (χ3n) is 3.40. The summed E-state index contributed by atoms with van der Waals surface area (Å²) in [5.41, 5.74) is 2.54. The second-order valence-corrected chi connectivity index (χ2v) is 8.00. The maximum atomic E-state index is 12.1. The van der Waals surface area contributed by atoms with Crippen molar-refractivity contribution in [3.63, 3.8) is 0 Å². The first kappa shape index (κ1) is 18.9. The molecule has 0 fully saturated rings. The summed E-state index contributed by atoms with van der Waals surface area (Å²) in [6.07, 6.45) is 0. The van der Waals surface area contributed by atoms with Crippen LogP contribution in [0.25, 0.3) is 11.3 Å². The molecule has 1 N–H and O–H groups in total. The number of nitrogens with one attached hydrogen (secondary N) is 1. The molecule has 0 bridgehead atoms. The van der Waals surface area contributed by atoms with Gasteiger partial charge < -0.3 is 10.1 Å². The fraction of sp³-hybridized carbons (Fsp3) is 0.438. The number of aryl methyl sites for hydroxylation is 2. The molecule has 1 aromatic heterocycles. The number of aromatic nitrogens is 1. The van der Waals surface area contributed by atoms with Crippen molar-refractivity contribution in [2.75, 3.05) is 32.2 Å². The summed E-state index contributed by atoms with van der Waals surface area (Å²) in [5.74, 6) is 0. The molecule has 1 heterocycles. The van der Waals surface area contributed by atoms with Gasteiger partial charge in [0.1, 0.15) is 0 Å². The van der Waals surface area contributed by atoms with Crippen LogP contribution < -0.4 is 5.32 Å². The van der Waals surface area contributed by atoms with Crippen LogP contribution in [0.5, 0.6) is 0 Å². The molecular weight excluding hydrogens is 348 g/mol. The lowest BCUT2D eigenvalue weighted by molar-refractivity contribution is 0.211. The smallest absolute Gasteiger partial charge is 0.296 e. The Kier molecular flexibility index (Phi) is 6.34. The monoisotopic (exact) mass is 370 g/mol. The van der Waals surface area contributed by atoms with Crippen LogP contribution in [0.3, 0.4) is 0 Å². The van der Waals surface area contributed by atoms with Crippen LogP contribution in [-0.2, 0) is 19.0 Å². The van der Waals surface area contributed by atoms with E-state index in [-0.39, 0.29) is 11.5 Å². The Balaban J connectivity index is 2.38. The molecule has 0 saturated heterocycles. The third-order valence-corrected chi connectivity index (χ3v) is 5.71. The van der Waals surface area contributed by atoms with Crippen LogP contribution in [-0.4, -0.2) is 40.3 Å². The van der Waals surface area contributed by atoms with Gasteiger partial charge in [0.15, 0.2) is 5.13 Å². The number of hydrogen-bond acceptors (Lipinski definition) is 7. The first-order valence-electron chi connectivity index (χ1n) is 7.59. The topological polar surface area (TPSA) is 77.5 Å². The lowest BCUT2D eigenvalue weighted by Crippen LogP contribution is -2.07. The van der Waals surface area contributed by atoms with Gasteiger partial charge in [-0.1, -0.05) is 6.07 Å². The molecule has 6 nitrogen and oxygen atoms in total. The van der Waals surface area contributed by atoms with Crippen LogP contribution in [0.2, 0.25) is 0 Å². The fourth-order valence-corrected chi connectivity index (χ4v) is 4.01. The summed E-state index contributed by atoms with van der Waals surface area (Å²) in [6, 6.07) is 4.96. The maximum Gasteiger partial charge on any atom is 0.296 e. The molecule has 0 aliphatic carbocycles. The Hall–Kier alpha value is -1.48. The van der Waals surface area contributed by atoms with Gasteiger partial charge in [-0.2, -0.15) is 8.42 Å². The van der Waals surface area contributed by atoms with Gasteiger partial charge in [0.2, 0.25) is 0 Å². The summed E-state index contributed by atoms with van der Waals surface area (Å²) in [7, 11) is -2.09. The normalized spacial score (nSPS) is 11.7. The Labute approximate surface area is 147 Å². The van der Waals surface area contributed by atoms with Crippen molar-refractivity contribution < 1.29 is 17.3 Å². The van der Waals surface area contributed by atoms with E-state index >= 15 is 0 Å². The van der Waals surface area contributed by atoms with Gasteiger partial charge in [-0.3, -0.25) is 4.18 Å². The van der Waals surface area contributed by atoms with Crippen LogP contribution in [0.4, 0.5) is 5.13 Å². The minimum atomic E-state index is -3.74. The molecule has 2 aromatic rings. The van der Waals surface area contributed by atoms with Crippen LogP contribution in [0.1, 0.15) is 17.4 Å². The van der Waals surface area contributed by atoms with E-state index in [0.29, 0.717) is 13.2 Å². The van der Waals surface area contributed by atoms with Crippen LogP contribution >= 0.6 is 11.3 Å². The predicted octanol–water partition coefficient (Wildman–Crippen LogP) is 3.21. The van der Waals surface area contributed by atoms with Crippen molar-refractivity contribution in [2.24, 2.45) is 0 Å². The van der Waals surface area contributed by atoms with Gasteiger partial charge in [-0.25, -0.2) is 4.98 Å². The van der Waals surface area contributed by atoms with Crippen molar-refractivity contribution in [3.8, 4) is 11.3 Å². The van der Waals surface area contributed by atoms with Gasteiger partial charge in [0.25, 0.3) is 10.1 Å². The van der Waals surface area contributed by atoms with Crippen molar-refractivity contribution in [3.05, 3.63) is 28.6 Å². The second kappa shape index (κ2) is 8.06. The molecule has 0 saturated carbocycles. The van der Waals surface area contributed by atoms with Gasteiger partial charge in [-0.15, -0.1) is 11.3 Å². The maximum absolute atomic E-state index is 12.1. The number of thiazole rings is 1. The van der Waals surface area contributed by atoms with E-state index in [1.807, 2.05) is 13.8 Å². The van der Waals surface area contributed by atoms with Gasteiger partial charge >= 0.3 is 0 Å². The highest BCUT2D eigenvalue weighted by Crippen LogP contribution is 2.33. The molecule has 0 aliphatic heterocycles. The summed E-state index contributed by atoms with van der Waals surface area (Å²) in [6.45, 7) is 6.92. The first-order valence-corrected chi connectivity index (χ1v) is 9.82. The summed E-state index contributed by atoms with van der Waals surface area (Å²) < 4.78 is 34.1. The predicted molar refractivity (Wildman–Crippen MR) is 96.2 cm³/mol. The Morgan fingerprint density at radius 1 is 1.29 bits per heavy atom. The average Bonchev–Trinajstić information content (AvgIpc) is 2.88. The molecule has 2 rings (SSSR count). The Morgan fingerprint density at radius 2 is 2.04 bits per heavy atom. The molecule has 8 heteroatoms. The minimum absolute atomic E-state index is 0.106. The lowest BCUT2D eigenvalue weighted by Gasteiger charge is -2.08.